The van der Waals surface area contributed by atoms with E-state index in [2.05, 4.69) is 20.6 Å². The largest absolute Gasteiger partial charge is 0.507 e. The van der Waals surface area contributed by atoms with Crippen LogP contribution in [0.15, 0.2) is 48.8 Å². The van der Waals surface area contributed by atoms with Gasteiger partial charge in [-0.25, -0.2) is 4.98 Å². The number of hydrogen-bond acceptors (Lipinski definition) is 5. The van der Waals surface area contributed by atoms with Gasteiger partial charge in [0.2, 0.25) is 0 Å². The minimum atomic E-state index is -0.816. The van der Waals surface area contributed by atoms with Crippen LogP contribution in [0.25, 0.3) is 0 Å². The minimum Gasteiger partial charge on any atom is -0.507 e. The Labute approximate surface area is 159 Å². The van der Waals surface area contributed by atoms with Gasteiger partial charge in [-0.05, 0) is 48.9 Å². The smallest absolute Gasteiger partial charge is 0.274 e. The van der Waals surface area contributed by atoms with Crippen molar-refractivity contribution >= 4 is 29.1 Å². The van der Waals surface area contributed by atoms with Crippen molar-refractivity contribution in [1.29, 1.82) is 0 Å². The number of phenolic OH excluding ortho intramolecular Hbond substituents is 1. The van der Waals surface area contributed by atoms with Crippen molar-refractivity contribution in [2.75, 3.05) is 10.6 Å². The first-order valence-electron chi connectivity index (χ1n) is 8.20. The molecule has 6 N–H and O–H groups in total. The molecular formula is C19H17N5O4. The van der Waals surface area contributed by atoms with Crippen LogP contribution in [0.2, 0.25) is 0 Å². The van der Waals surface area contributed by atoms with Gasteiger partial charge < -0.3 is 26.5 Å². The summed E-state index contributed by atoms with van der Waals surface area (Å²) in [7, 11) is 0. The first-order chi connectivity index (χ1) is 13.3. The topological polar surface area (TPSA) is 150 Å². The molecule has 1 heterocycles. The third-order valence-electron chi connectivity index (χ3n) is 3.90. The summed E-state index contributed by atoms with van der Waals surface area (Å²) in [4.78, 5) is 42.0. The van der Waals surface area contributed by atoms with E-state index in [0.29, 0.717) is 11.4 Å². The van der Waals surface area contributed by atoms with E-state index in [9.17, 15) is 19.5 Å². The first-order valence-corrected chi connectivity index (χ1v) is 8.20. The summed E-state index contributed by atoms with van der Waals surface area (Å²) in [5.74, 6) is -1.96. The van der Waals surface area contributed by atoms with Gasteiger partial charge in [-0.15, -0.1) is 0 Å². The zero-order chi connectivity index (χ0) is 20.3. The number of imidazole rings is 1. The maximum Gasteiger partial charge on any atom is 0.274 e. The Morgan fingerprint density at radius 3 is 2.18 bits per heavy atom. The van der Waals surface area contributed by atoms with Crippen molar-refractivity contribution in [3.05, 3.63) is 71.3 Å². The van der Waals surface area contributed by atoms with Gasteiger partial charge in [-0.1, -0.05) is 6.07 Å². The molecule has 1 aromatic heterocycles. The highest BCUT2D eigenvalue weighted by Crippen LogP contribution is 2.21. The van der Waals surface area contributed by atoms with E-state index in [1.165, 1.54) is 18.5 Å². The van der Waals surface area contributed by atoms with Crippen LogP contribution in [-0.4, -0.2) is 32.8 Å². The van der Waals surface area contributed by atoms with Crippen molar-refractivity contribution in [3.8, 4) is 5.75 Å². The molecule has 2 aromatic carbocycles. The molecule has 142 valence electrons. The molecule has 0 aliphatic rings. The van der Waals surface area contributed by atoms with Crippen LogP contribution in [0.3, 0.4) is 0 Å². The van der Waals surface area contributed by atoms with Crippen LogP contribution in [0.1, 0.15) is 36.9 Å². The standard InChI is InChI=1S/C19H17N5O4/c1-10-2-7-13(14(25)8-10)18(27)23-11-3-5-12(6-4-11)24-19(28)16-15(17(20)26)21-9-22-16/h2-9,25H,1H3,(H2,20,26)(H,21,22)(H,23,27)(H,24,28). The van der Waals surface area contributed by atoms with Gasteiger partial charge >= 0.3 is 0 Å². The fourth-order valence-electron chi connectivity index (χ4n) is 2.52. The summed E-state index contributed by atoms with van der Waals surface area (Å²) in [6.07, 6.45) is 1.20. The third kappa shape index (κ3) is 3.98. The van der Waals surface area contributed by atoms with Crippen LogP contribution < -0.4 is 16.4 Å². The lowest BCUT2D eigenvalue weighted by Gasteiger charge is -2.09. The average Bonchev–Trinajstić information content (AvgIpc) is 3.13. The predicted octanol–water partition coefficient (Wildman–Crippen LogP) is 2.03. The predicted molar refractivity (Wildman–Crippen MR) is 102 cm³/mol. The molecule has 0 saturated heterocycles. The fraction of sp³-hybridized carbons (Fsp3) is 0.0526. The Morgan fingerprint density at radius 1 is 1.00 bits per heavy atom. The normalized spacial score (nSPS) is 10.3. The molecule has 0 aliphatic carbocycles. The lowest BCUT2D eigenvalue weighted by molar-refractivity contribution is 0.0972. The fourth-order valence-corrected chi connectivity index (χ4v) is 2.52. The molecule has 3 amide bonds. The molecule has 3 aromatic rings. The molecule has 28 heavy (non-hydrogen) atoms. The number of H-pyrrole nitrogens is 1. The number of benzene rings is 2. The molecule has 0 fully saturated rings. The van der Waals surface area contributed by atoms with Gasteiger partial charge in [-0.2, -0.15) is 0 Å². The van der Waals surface area contributed by atoms with Crippen molar-refractivity contribution in [2.45, 2.75) is 6.92 Å². The lowest BCUT2D eigenvalue weighted by Crippen LogP contribution is -2.20. The van der Waals surface area contributed by atoms with Crippen molar-refractivity contribution in [1.82, 2.24) is 9.97 Å². The van der Waals surface area contributed by atoms with E-state index in [4.69, 9.17) is 5.73 Å². The zero-order valence-corrected chi connectivity index (χ0v) is 14.8. The van der Waals surface area contributed by atoms with Crippen LogP contribution in [0.4, 0.5) is 11.4 Å². The zero-order valence-electron chi connectivity index (χ0n) is 14.8. The number of primary amides is 1. The first kappa shape index (κ1) is 18.6. The SMILES string of the molecule is Cc1ccc(C(=O)Nc2ccc(NC(=O)c3[nH]cnc3C(N)=O)cc2)c(O)c1. The molecule has 0 saturated carbocycles. The van der Waals surface area contributed by atoms with Gasteiger partial charge in [0.1, 0.15) is 11.4 Å². The van der Waals surface area contributed by atoms with Crippen LogP contribution in [0, 0.1) is 6.92 Å². The van der Waals surface area contributed by atoms with Gasteiger partial charge in [0.15, 0.2) is 5.69 Å². The Hall–Kier alpha value is -4.14. The van der Waals surface area contributed by atoms with E-state index < -0.39 is 17.7 Å². The molecule has 3 rings (SSSR count). The minimum absolute atomic E-state index is 0.0419. The Morgan fingerprint density at radius 2 is 1.61 bits per heavy atom. The molecular weight excluding hydrogens is 362 g/mol. The second-order valence-electron chi connectivity index (χ2n) is 6.00. The molecule has 0 aliphatic heterocycles. The molecule has 0 bridgehead atoms. The molecule has 9 nitrogen and oxygen atoms in total. The summed E-state index contributed by atoms with van der Waals surface area (Å²) in [5, 5.41) is 15.1. The highest BCUT2D eigenvalue weighted by atomic mass is 16.3. The second-order valence-corrected chi connectivity index (χ2v) is 6.00. The van der Waals surface area contributed by atoms with Gasteiger partial charge in [-0.3, -0.25) is 14.4 Å². The van der Waals surface area contributed by atoms with E-state index in [0.717, 1.165) is 5.56 Å². The summed E-state index contributed by atoms with van der Waals surface area (Å²) in [5.41, 5.74) is 6.87. The van der Waals surface area contributed by atoms with E-state index in [-0.39, 0.29) is 22.7 Å². The number of aromatic nitrogens is 2. The summed E-state index contributed by atoms with van der Waals surface area (Å²) < 4.78 is 0. The number of rotatable bonds is 5. The summed E-state index contributed by atoms with van der Waals surface area (Å²) >= 11 is 0. The quantitative estimate of drug-likeness (QED) is 0.459. The summed E-state index contributed by atoms with van der Waals surface area (Å²) in [6, 6.07) is 11.1. The third-order valence-corrected chi connectivity index (χ3v) is 3.90. The number of phenols is 1. The van der Waals surface area contributed by atoms with Gasteiger partial charge in [0.05, 0.1) is 11.9 Å². The lowest BCUT2D eigenvalue weighted by atomic mass is 10.1. The van der Waals surface area contributed by atoms with Crippen molar-refractivity contribution in [3.63, 3.8) is 0 Å². The van der Waals surface area contributed by atoms with Gasteiger partial charge in [0, 0.05) is 11.4 Å². The summed E-state index contributed by atoms with van der Waals surface area (Å²) in [6.45, 7) is 1.81. The molecule has 0 spiro atoms. The number of carbonyl (C=O) groups excluding carboxylic acids is 3. The molecule has 0 atom stereocenters. The number of amides is 3. The van der Waals surface area contributed by atoms with Crippen LogP contribution in [0.5, 0.6) is 5.75 Å². The highest BCUT2D eigenvalue weighted by Gasteiger charge is 2.18. The number of carbonyl (C=O) groups is 3. The maximum atomic E-state index is 12.3. The number of aromatic hydroxyl groups is 1. The Balaban J connectivity index is 1.68. The second kappa shape index (κ2) is 7.62. The number of nitrogens with two attached hydrogens (primary N) is 1. The van der Waals surface area contributed by atoms with Crippen molar-refractivity contribution < 1.29 is 19.5 Å². The Kier molecular flexibility index (Phi) is 5.07. The Bertz CT molecular complexity index is 1060. The van der Waals surface area contributed by atoms with E-state index in [1.807, 2.05) is 6.92 Å². The number of hydrogen-bond donors (Lipinski definition) is 5. The van der Waals surface area contributed by atoms with Crippen LogP contribution in [-0.2, 0) is 0 Å². The van der Waals surface area contributed by atoms with E-state index in [1.54, 1.807) is 30.3 Å². The van der Waals surface area contributed by atoms with E-state index >= 15 is 0 Å². The molecule has 0 radical (unpaired) electrons. The van der Waals surface area contributed by atoms with Gasteiger partial charge in [0.25, 0.3) is 17.7 Å². The average molecular weight is 379 g/mol. The maximum absolute atomic E-state index is 12.3. The number of aryl methyl sites for hydroxylation is 1. The number of nitrogens with zero attached hydrogens (tertiary/aromatic N) is 1. The number of nitrogens with one attached hydrogen (secondary N) is 3. The molecule has 9 heteroatoms. The number of anilines is 2. The van der Waals surface area contributed by atoms with Crippen LogP contribution >= 0.6 is 0 Å². The van der Waals surface area contributed by atoms with Crippen molar-refractivity contribution in [2.24, 2.45) is 5.73 Å². The number of aromatic amines is 1. The molecule has 0 unspecified atom stereocenters. The monoisotopic (exact) mass is 379 g/mol. The highest BCUT2D eigenvalue weighted by molar-refractivity contribution is 6.10.